The zero-order valence-corrected chi connectivity index (χ0v) is 20.2. The third-order valence-corrected chi connectivity index (χ3v) is 5.28. The van der Waals surface area contributed by atoms with Crippen LogP contribution in [0.5, 0.6) is 11.5 Å². The van der Waals surface area contributed by atoms with Crippen molar-refractivity contribution in [1.29, 1.82) is 0 Å². The summed E-state index contributed by atoms with van der Waals surface area (Å²) >= 11 is 0. The zero-order valence-electron chi connectivity index (χ0n) is 19.4. The van der Waals surface area contributed by atoms with Crippen LogP contribution in [0.15, 0.2) is 42.5 Å². The second kappa shape index (κ2) is 12.6. The number of hydrogen-bond donors (Lipinski definition) is 0. The quantitative estimate of drug-likeness (QED) is 0.233. The molecule has 2 aromatic rings. The summed E-state index contributed by atoms with van der Waals surface area (Å²) in [5, 5.41) is 11.4. The Balaban J connectivity index is 0.00000432. The van der Waals surface area contributed by atoms with Gasteiger partial charge in [0.15, 0.2) is 6.23 Å². The molecule has 1 aliphatic rings. The molecule has 2 aromatic carbocycles. The van der Waals surface area contributed by atoms with Gasteiger partial charge in [-0.3, -0.25) is 15.0 Å². The molecule has 12 nitrogen and oxygen atoms in total. The highest BCUT2D eigenvalue weighted by atomic mass is 35.5. The van der Waals surface area contributed by atoms with Crippen molar-refractivity contribution >= 4 is 36.1 Å². The smallest absolute Gasteiger partial charge is 0.496 e. The lowest BCUT2D eigenvalue weighted by Gasteiger charge is -2.39. The Morgan fingerprint density at radius 3 is 2.23 bits per heavy atom. The summed E-state index contributed by atoms with van der Waals surface area (Å²) in [5.41, 5.74) is 1.06. The number of hydrogen-bond acceptors (Lipinski definition) is 11. The van der Waals surface area contributed by atoms with Gasteiger partial charge in [0.1, 0.15) is 17.2 Å². The first-order valence-corrected chi connectivity index (χ1v) is 10.3. The van der Waals surface area contributed by atoms with E-state index in [0.717, 1.165) is 0 Å². The Morgan fingerprint density at radius 1 is 0.971 bits per heavy atom. The van der Waals surface area contributed by atoms with Gasteiger partial charge in [-0.2, -0.15) is 0 Å². The van der Waals surface area contributed by atoms with E-state index < -0.39 is 23.5 Å². The lowest BCUT2D eigenvalue weighted by atomic mass is 10.1. The summed E-state index contributed by atoms with van der Waals surface area (Å²) in [5.74, 6) is 0.502. The third kappa shape index (κ3) is 6.64. The predicted octanol–water partition coefficient (Wildman–Crippen LogP) is 3.77. The van der Waals surface area contributed by atoms with Gasteiger partial charge in [0, 0.05) is 38.3 Å². The number of rotatable bonds is 7. The third-order valence-electron chi connectivity index (χ3n) is 5.28. The Bertz CT molecular complexity index is 1040. The van der Waals surface area contributed by atoms with Gasteiger partial charge < -0.3 is 28.6 Å². The zero-order chi connectivity index (χ0) is 24.7. The molecular weight excluding hydrogens is 486 g/mol. The van der Waals surface area contributed by atoms with E-state index in [0.29, 0.717) is 43.2 Å². The van der Waals surface area contributed by atoms with Crippen LogP contribution < -0.4 is 14.4 Å². The Morgan fingerprint density at radius 2 is 1.63 bits per heavy atom. The number of piperazine rings is 1. The minimum absolute atomic E-state index is 0. The first-order chi connectivity index (χ1) is 16.4. The molecule has 0 N–H and O–H groups in total. The number of carbonyl (C=O) groups is 2. The molecule has 0 radical (unpaired) electrons. The molecule has 0 aromatic heterocycles. The molecule has 0 saturated carbocycles. The lowest BCUT2D eigenvalue weighted by Crippen LogP contribution is -2.48. The number of anilines is 1. The van der Waals surface area contributed by atoms with Gasteiger partial charge in [0.2, 0.25) is 0 Å². The van der Waals surface area contributed by atoms with E-state index in [1.165, 1.54) is 39.5 Å². The van der Waals surface area contributed by atoms with Gasteiger partial charge in [0.25, 0.3) is 5.69 Å². The van der Waals surface area contributed by atoms with Crippen LogP contribution in [-0.4, -0.2) is 69.6 Å². The molecule has 1 fully saturated rings. The number of para-hydroxylation sites is 2. The van der Waals surface area contributed by atoms with Crippen LogP contribution in [0.2, 0.25) is 0 Å². The summed E-state index contributed by atoms with van der Waals surface area (Å²) in [6.07, 6.45) is -2.64. The molecule has 1 atom stereocenters. The number of methoxy groups -OCH3 is 3. The highest BCUT2D eigenvalue weighted by Gasteiger charge is 2.32. The average molecular weight is 512 g/mol. The van der Waals surface area contributed by atoms with Gasteiger partial charge >= 0.3 is 12.3 Å². The first kappa shape index (κ1) is 27.5. The second-order valence-electron chi connectivity index (χ2n) is 7.15. The Labute approximate surface area is 207 Å². The van der Waals surface area contributed by atoms with Crippen molar-refractivity contribution in [3.63, 3.8) is 0 Å². The number of nitro groups is 1. The normalized spacial score (nSPS) is 14.2. The molecule has 3 rings (SSSR count). The first-order valence-electron chi connectivity index (χ1n) is 10.3. The van der Waals surface area contributed by atoms with Crippen LogP contribution in [0, 0.1) is 10.1 Å². The van der Waals surface area contributed by atoms with E-state index in [9.17, 15) is 19.7 Å². The summed E-state index contributed by atoms with van der Waals surface area (Å²) in [7, 11) is 3.83. The Kier molecular flexibility index (Phi) is 9.91. The number of ether oxygens (including phenoxy) is 5. The van der Waals surface area contributed by atoms with Crippen LogP contribution in [0.4, 0.5) is 21.0 Å². The molecule has 13 heteroatoms. The maximum Gasteiger partial charge on any atom is 0.513 e. The van der Waals surface area contributed by atoms with Crippen molar-refractivity contribution < 1.29 is 38.2 Å². The summed E-state index contributed by atoms with van der Waals surface area (Å²) in [6.45, 7) is 1.77. The molecule has 0 spiro atoms. The van der Waals surface area contributed by atoms with Crippen LogP contribution >= 0.6 is 12.4 Å². The van der Waals surface area contributed by atoms with E-state index in [1.54, 1.807) is 24.3 Å². The molecular formula is C22H26ClN3O9. The monoisotopic (exact) mass is 511 g/mol. The molecule has 1 unspecified atom stereocenters. The van der Waals surface area contributed by atoms with E-state index in [-0.39, 0.29) is 23.8 Å². The SMILES string of the molecule is COC(=O)Oc1ccc(C(OC(=O)OC)N2CCN(c3ccccc3[N+](=O)[O-])CC2)c(OC)c1.Cl. The summed E-state index contributed by atoms with van der Waals surface area (Å²) in [6, 6.07) is 11.2. The van der Waals surface area contributed by atoms with Gasteiger partial charge in [-0.05, 0) is 18.2 Å². The van der Waals surface area contributed by atoms with Gasteiger partial charge in [-0.25, -0.2) is 9.59 Å². The number of carbonyl (C=O) groups excluding carboxylic acids is 2. The van der Waals surface area contributed by atoms with E-state index >= 15 is 0 Å². The number of benzene rings is 2. The topological polar surface area (TPSA) is 130 Å². The van der Waals surface area contributed by atoms with E-state index in [1.807, 2.05) is 9.80 Å². The van der Waals surface area contributed by atoms with Crippen LogP contribution in [0.1, 0.15) is 11.8 Å². The van der Waals surface area contributed by atoms with Crippen molar-refractivity contribution in [2.75, 3.05) is 52.4 Å². The minimum atomic E-state index is -0.886. The second-order valence-corrected chi connectivity index (χ2v) is 7.15. The number of nitro benzene ring substituents is 1. The van der Waals surface area contributed by atoms with Crippen LogP contribution in [0.25, 0.3) is 0 Å². The van der Waals surface area contributed by atoms with Gasteiger partial charge in [-0.1, -0.05) is 12.1 Å². The van der Waals surface area contributed by atoms with Crippen molar-refractivity contribution in [3.8, 4) is 11.5 Å². The standard InChI is InChI=1S/C22H25N3O9.ClH/c1-30-19-14-15(33-21(26)31-2)8-9-16(19)20(34-22(27)32-3)24-12-10-23(11-13-24)17-6-4-5-7-18(17)25(28)29;/h4-9,14,20H,10-13H2,1-3H3;1H. The molecule has 190 valence electrons. The number of nitrogens with zero attached hydrogens (tertiary/aromatic N) is 3. The van der Waals surface area contributed by atoms with E-state index in [2.05, 4.69) is 4.74 Å². The van der Waals surface area contributed by atoms with Crippen molar-refractivity contribution in [2.45, 2.75) is 6.23 Å². The van der Waals surface area contributed by atoms with Gasteiger partial charge in [0.05, 0.1) is 31.8 Å². The van der Waals surface area contributed by atoms with Gasteiger partial charge in [-0.15, -0.1) is 12.4 Å². The molecule has 0 amide bonds. The maximum absolute atomic E-state index is 12.0. The largest absolute Gasteiger partial charge is 0.513 e. The van der Waals surface area contributed by atoms with Crippen molar-refractivity contribution in [2.24, 2.45) is 0 Å². The summed E-state index contributed by atoms with van der Waals surface area (Å²) in [4.78, 5) is 38.2. The molecule has 35 heavy (non-hydrogen) atoms. The fraction of sp³-hybridized carbons (Fsp3) is 0.364. The molecule has 1 saturated heterocycles. The molecule has 1 heterocycles. The fourth-order valence-electron chi connectivity index (χ4n) is 3.65. The number of halogens is 1. The predicted molar refractivity (Wildman–Crippen MR) is 126 cm³/mol. The highest BCUT2D eigenvalue weighted by molar-refractivity contribution is 5.85. The van der Waals surface area contributed by atoms with Crippen LogP contribution in [0.3, 0.4) is 0 Å². The summed E-state index contributed by atoms with van der Waals surface area (Å²) < 4.78 is 25.2. The average Bonchev–Trinajstić information content (AvgIpc) is 2.87. The van der Waals surface area contributed by atoms with Crippen molar-refractivity contribution in [1.82, 2.24) is 4.90 Å². The lowest BCUT2D eigenvalue weighted by molar-refractivity contribution is -0.384. The van der Waals surface area contributed by atoms with Crippen LogP contribution in [-0.2, 0) is 14.2 Å². The maximum atomic E-state index is 12.0. The highest BCUT2D eigenvalue weighted by Crippen LogP contribution is 2.35. The van der Waals surface area contributed by atoms with E-state index in [4.69, 9.17) is 18.9 Å². The Hall–Kier alpha value is -3.77. The molecule has 0 aliphatic carbocycles. The van der Waals surface area contributed by atoms with Crippen molar-refractivity contribution in [3.05, 3.63) is 58.1 Å². The fourth-order valence-corrected chi connectivity index (χ4v) is 3.65. The molecule has 0 bridgehead atoms. The molecule has 1 aliphatic heterocycles. The minimum Gasteiger partial charge on any atom is -0.496 e.